The van der Waals surface area contributed by atoms with Crippen molar-refractivity contribution in [1.29, 1.82) is 0 Å². The summed E-state index contributed by atoms with van der Waals surface area (Å²) in [7, 11) is 1.72. The Morgan fingerprint density at radius 1 is 0.952 bits per heavy atom. The van der Waals surface area contributed by atoms with Crippen molar-refractivity contribution in [2.24, 2.45) is 0 Å². The molecule has 0 saturated heterocycles. The number of benzene rings is 2. The second-order valence-electron chi connectivity index (χ2n) is 5.25. The minimum absolute atomic E-state index is 0.132. The van der Waals surface area contributed by atoms with Gasteiger partial charge < -0.3 is 14.8 Å². The summed E-state index contributed by atoms with van der Waals surface area (Å²) in [5.74, 6) is 0.888. The van der Waals surface area contributed by atoms with E-state index in [1.807, 2.05) is 56.3 Å². The zero-order valence-electron chi connectivity index (χ0n) is 12.9. The lowest BCUT2D eigenvalue weighted by Gasteiger charge is -2.20. The molecule has 0 aliphatic heterocycles. The molecule has 0 spiro atoms. The third kappa shape index (κ3) is 4.80. The lowest BCUT2D eigenvalue weighted by molar-refractivity contribution is 0.186. The number of hydrogen-bond acceptors (Lipinski definition) is 3. The van der Waals surface area contributed by atoms with E-state index in [9.17, 15) is 0 Å². The average molecular weight is 285 g/mol. The minimum Gasteiger partial charge on any atom is -0.491 e. The van der Waals surface area contributed by atoms with E-state index in [0.29, 0.717) is 6.61 Å². The van der Waals surface area contributed by atoms with Gasteiger partial charge >= 0.3 is 0 Å². The van der Waals surface area contributed by atoms with E-state index < -0.39 is 0 Å². The predicted molar refractivity (Wildman–Crippen MR) is 86.9 cm³/mol. The monoisotopic (exact) mass is 285 g/mol. The fourth-order valence-electron chi connectivity index (χ4n) is 2.18. The number of anilines is 1. The van der Waals surface area contributed by atoms with Crippen LogP contribution in [0.1, 0.15) is 25.5 Å². The molecule has 112 valence electrons. The molecule has 0 amide bonds. The van der Waals surface area contributed by atoms with Gasteiger partial charge in [-0.3, -0.25) is 0 Å². The molecule has 1 atom stereocenters. The molecular formula is C18H23NO2. The second kappa shape index (κ2) is 7.70. The predicted octanol–water partition coefficient (Wildman–Crippen LogP) is 4.27. The van der Waals surface area contributed by atoms with Crippen molar-refractivity contribution in [3.05, 3.63) is 60.2 Å². The quantitative estimate of drug-likeness (QED) is 0.824. The lowest BCUT2D eigenvalue weighted by atomic mass is 10.1. The summed E-state index contributed by atoms with van der Waals surface area (Å²) < 4.78 is 11.0. The molecule has 0 aliphatic rings. The molecule has 1 unspecified atom stereocenters. The Kier molecular flexibility index (Phi) is 5.64. The van der Waals surface area contributed by atoms with Crippen molar-refractivity contribution < 1.29 is 9.47 Å². The van der Waals surface area contributed by atoms with Gasteiger partial charge in [-0.15, -0.1) is 0 Å². The Labute approximate surface area is 126 Å². The standard InChI is InChI=1S/C18H23NO2/c1-14(2)21-17-11-9-16(10-12-17)19-18(13-20-3)15-7-5-4-6-8-15/h4-12,14,18-19H,13H2,1-3H3. The zero-order chi connectivity index (χ0) is 15.1. The highest BCUT2D eigenvalue weighted by molar-refractivity contribution is 5.48. The summed E-state index contributed by atoms with van der Waals surface area (Å²) in [6.07, 6.45) is 0.189. The molecule has 1 N–H and O–H groups in total. The molecule has 0 bridgehead atoms. The van der Waals surface area contributed by atoms with Gasteiger partial charge in [0, 0.05) is 12.8 Å². The van der Waals surface area contributed by atoms with Crippen LogP contribution in [0.3, 0.4) is 0 Å². The molecule has 0 aliphatic carbocycles. The van der Waals surface area contributed by atoms with Crippen LogP contribution in [0.5, 0.6) is 5.75 Å². The normalized spacial score (nSPS) is 12.2. The van der Waals surface area contributed by atoms with E-state index in [1.165, 1.54) is 5.56 Å². The Morgan fingerprint density at radius 2 is 1.62 bits per heavy atom. The van der Waals surface area contributed by atoms with Gasteiger partial charge in [-0.1, -0.05) is 30.3 Å². The van der Waals surface area contributed by atoms with Crippen LogP contribution in [0, 0.1) is 0 Å². The van der Waals surface area contributed by atoms with Gasteiger partial charge in [0.05, 0.1) is 18.8 Å². The van der Waals surface area contributed by atoms with Crippen LogP contribution < -0.4 is 10.1 Å². The first-order chi connectivity index (χ1) is 10.2. The molecular weight excluding hydrogens is 262 g/mol. The molecule has 0 saturated carbocycles. The maximum absolute atomic E-state index is 5.65. The Morgan fingerprint density at radius 3 is 2.19 bits per heavy atom. The van der Waals surface area contributed by atoms with Crippen molar-refractivity contribution in [3.63, 3.8) is 0 Å². The van der Waals surface area contributed by atoms with E-state index >= 15 is 0 Å². The molecule has 3 heteroatoms. The molecule has 2 aromatic carbocycles. The maximum atomic E-state index is 5.65. The van der Waals surface area contributed by atoms with E-state index in [0.717, 1.165) is 11.4 Å². The van der Waals surface area contributed by atoms with Crippen molar-refractivity contribution in [1.82, 2.24) is 0 Å². The van der Waals surface area contributed by atoms with Crippen LogP contribution in [0.2, 0.25) is 0 Å². The highest BCUT2D eigenvalue weighted by Gasteiger charge is 2.10. The fraction of sp³-hybridized carbons (Fsp3) is 0.333. The maximum Gasteiger partial charge on any atom is 0.119 e. The molecule has 21 heavy (non-hydrogen) atoms. The summed E-state index contributed by atoms with van der Waals surface area (Å²) in [6, 6.07) is 18.5. The van der Waals surface area contributed by atoms with E-state index in [1.54, 1.807) is 7.11 Å². The summed E-state index contributed by atoms with van der Waals surface area (Å²) in [5, 5.41) is 3.50. The van der Waals surface area contributed by atoms with Crippen LogP contribution in [0.15, 0.2) is 54.6 Å². The highest BCUT2D eigenvalue weighted by atomic mass is 16.5. The van der Waals surface area contributed by atoms with Crippen LogP contribution in [0.4, 0.5) is 5.69 Å². The topological polar surface area (TPSA) is 30.5 Å². The zero-order valence-corrected chi connectivity index (χ0v) is 12.9. The smallest absolute Gasteiger partial charge is 0.119 e. The first-order valence-electron chi connectivity index (χ1n) is 7.26. The molecule has 0 radical (unpaired) electrons. The van der Waals surface area contributed by atoms with Crippen LogP contribution in [-0.2, 0) is 4.74 Å². The number of methoxy groups -OCH3 is 1. The van der Waals surface area contributed by atoms with Crippen LogP contribution >= 0.6 is 0 Å². The third-order valence-corrected chi connectivity index (χ3v) is 3.10. The first kappa shape index (κ1) is 15.4. The molecule has 0 fully saturated rings. The number of rotatable bonds is 7. The van der Waals surface area contributed by atoms with Gasteiger partial charge in [0.1, 0.15) is 5.75 Å². The van der Waals surface area contributed by atoms with Gasteiger partial charge in [-0.05, 0) is 43.7 Å². The molecule has 2 aromatic rings. The van der Waals surface area contributed by atoms with Crippen molar-refractivity contribution in [2.75, 3.05) is 19.0 Å². The summed E-state index contributed by atoms with van der Waals surface area (Å²) in [4.78, 5) is 0. The van der Waals surface area contributed by atoms with E-state index in [2.05, 4.69) is 17.4 Å². The fourth-order valence-corrected chi connectivity index (χ4v) is 2.18. The number of ether oxygens (including phenoxy) is 2. The van der Waals surface area contributed by atoms with Crippen LogP contribution in [-0.4, -0.2) is 19.8 Å². The van der Waals surface area contributed by atoms with Crippen molar-refractivity contribution in [2.45, 2.75) is 26.0 Å². The average Bonchev–Trinajstić information content (AvgIpc) is 2.49. The lowest BCUT2D eigenvalue weighted by Crippen LogP contribution is -2.16. The van der Waals surface area contributed by atoms with Gasteiger partial charge in [-0.25, -0.2) is 0 Å². The summed E-state index contributed by atoms with van der Waals surface area (Å²) in [5.41, 5.74) is 2.26. The molecule has 0 aromatic heterocycles. The van der Waals surface area contributed by atoms with Gasteiger partial charge in [-0.2, -0.15) is 0 Å². The van der Waals surface area contributed by atoms with E-state index in [4.69, 9.17) is 9.47 Å². The minimum atomic E-state index is 0.132. The highest BCUT2D eigenvalue weighted by Crippen LogP contribution is 2.22. The largest absolute Gasteiger partial charge is 0.491 e. The Hall–Kier alpha value is -2.00. The first-order valence-corrected chi connectivity index (χ1v) is 7.26. The van der Waals surface area contributed by atoms with Crippen molar-refractivity contribution in [3.8, 4) is 5.75 Å². The number of hydrogen-bond donors (Lipinski definition) is 1. The molecule has 3 nitrogen and oxygen atoms in total. The second-order valence-corrected chi connectivity index (χ2v) is 5.25. The van der Waals surface area contributed by atoms with E-state index in [-0.39, 0.29) is 12.1 Å². The Bertz CT molecular complexity index is 523. The van der Waals surface area contributed by atoms with Gasteiger partial charge in [0.25, 0.3) is 0 Å². The van der Waals surface area contributed by atoms with Crippen molar-refractivity contribution >= 4 is 5.69 Å². The summed E-state index contributed by atoms with van der Waals surface area (Å²) >= 11 is 0. The Balaban J connectivity index is 2.06. The SMILES string of the molecule is COCC(Nc1ccc(OC(C)C)cc1)c1ccccc1. The summed E-state index contributed by atoms with van der Waals surface area (Å²) in [6.45, 7) is 4.67. The number of nitrogens with one attached hydrogen (secondary N) is 1. The molecule has 2 rings (SSSR count). The van der Waals surface area contributed by atoms with Gasteiger partial charge in [0.15, 0.2) is 0 Å². The third-order valence-electron chi connectivity index (χ3n) is 3.10. The molecule has 0 heterocycles. The van der Waals surface area contributed by atoms with Crippen LogP contribution in [0.25, 0.3) is 0 Å². The van der Waals surface area contributed by atoms with Gasteiger partial charge in [0.2, 0.25) is 0 Å².